The lowest BCUT2D eigenvalue weighted by molar-refractivity contribution is -0.142. The Morgan fingerprint density at radius 2 is 2.32 bits per heavy atom. The van der Waals surface area contributed by atoms with Gasteiger partial charge in [-0.1, -0.05) is 12.1 Å². The van der Waals surface area contributed by atoms with Crippen molar-refractivity contribution in [2.75, 3.05) is 13.2 Å². The van der Waals surface area contributed by atoms with Crippen LogP contribution in [-0.2, 0) is 17.8 Å². The fourth-order valence-corrected chi connectivity index (χ4v) is 3.04. The summed E-state index contributed by atoms with van der Waals surface area (Å²) >= 11 is 0. The van der Waals surface area contributed by atoms with Crippen molar-refractivity contribution < 1.29 is 14.6 Å². The molecule has 0 spiro atoms. The minimum absolute atomic E-state index is 0.313. The van der Waals surface area contributed by atoms with Gasteiger partial charge in [-0.2, -0.15) is 0 Å². The largest absolute Gasteiger partial charge is 0.493 e. The third kappa shape index (κ3) is 2.59. The quantitative estimate of drug-likeness (QED) is 0.905. The molecule has 0 bridgehead atoms. The second-order valence-electron chi connectivity index (χ2n) is 5.36. The summed E-state index contributed by atoms with van der Waals surface area (Å²) in [5.41, 5.74) is 2.45. The summed E-state index contributed by atoms with van der Waals surface area (Å²) < 4.78 is 5.60. The van der Waals surface area contributed by atoms with Crippen LogP contribution in [-0.4, -0.2) is 35.2 Å². The van der Waals surface area contributed by atoms with Gasteiger partial charge in [0.1, 0.15) is 11.8 Å². The van der Waals surface area contributed by atoms with Gasteiger partial charge in [-0.05, 0) is 49.4 Å². The zero-order chi connectivity index (χ0) is 13.2. The molecule has 102 valence electrons. The average Bonchev–Trinajstić information content (AvgIpc) is 2.87. The van der Waals surface area contributed by atoms with Crippen LogP contribution in [0, 0.1) is 0 Å². The third-order valence-corrected chi connectivity index (χ3v) is 4.01. The van der Waals surface area contributed by atoms with Gasteiger partial charge in [0.15, 0.2) is 0 Å². The number of carboxylic acids is 1. The van der Waals surface area contributed by atoms with E-state index in [1.54, 1.807) is 0 Å². The first-order valence-electron chi connectivity index (χ1n) is 6.95. The van der Waals surface area contributed by atoms with Crippen molar-refractivity contribution >= 4 is 5.97 Å². The maximum absolute atomic E-state index is 11.2. The van der Waals surface area contributed by atoms with Crippen LogP contribution in [0.15, 0.2) is 18.2 Å². The standard InChI is InChI=1S/C15H19NO3/c17-15(18)13-4-1-7-16(13)10-11-5-6-14-12(9-11)3-2-8-19-14/h5-6,9,13H,1-4,7-8,10H2,(H,17,18). The molecular weight excluding hydrogens is 242 g/mol. The smallest absolute Gasteiger partial charge is 0.320 e. The molecule has 2 aliphatic rings. The van der Waals surface area contributed by atoms with Crippen LogP contribution in [0.5, 0.6) is 5.75 Å². The molecule has 2 aliphatic heterocycles. The Hall–Kier alpha value is -1.55. The van der Waals surface area contributed by atoms with Crippen LogP contribution in [0.25, 0.3) is 0 Å². The van der Waals surface area contributed by atoms with E-state index in [-0.39, 0.29) is 6.04 Å². The van der Waals surface area contributed by atoms with E-state index in [1.165, 1.54) is 11.1 Å². The van der Waals surface area contributed by atoms with Crippen molar-refractivity contribution in [1.82, 2.24) is 4.90 Å². The van der Waals surface area contributed by atoms with E-state index in [1.807, 2.05) is 6.07 Å². The van der Waals surface area contributed by atoms with E-state index in [4.69, 9.17) is 4.74 Å². The first kappa shape index (κ1) is 12.5. The Bertz CT molecular complexity index is 486. The number of aryl methyl sites for hydroxylation is 1. The Kier molecular flexibility index (Phi) is 3.42. The molecule has 4 heteroatoms. The van der Waals surface area contributed by atoms with Crippen molar-refractivity contribution in [2.24, 2.45) is 0 Å². The predicted octanol–water partition coefficient (Wildman–Crippen LogP) is 2.06. The summed E-state index contributed by atoms with van der Waals surface area (Å²) in [6.07, 6.45) is 3.87. The highest BCUT2D eigenvalue weighted by Crippen LogP contribution is 2.27. The van der Waals surface area contributed by atoms with Gasteiger partial charge in [-0.25, -0.2) is 0 Å². The number of rotatable bonds is 3. The number of nitrogens with zero attached hydrogens (tertiary/aromatic N) is 1. The molecule has 0 amide bonds. The molecule has 19 heavy (non-hydrogen) atoms. The van der Waals surface area contributed by atoms with Gasteiger partial charge in [-0.3, -0.25) is 9.69 Å². The Morgan fingerprint density at radius 3 is 3.16 bits per heavy atom. The molecule has 1 saturated heterocycles. The highest BCUT2D eigenvalue weighted by molar-refractivity contribution is 5.73. The number of fused-ring (bicyclic) bond motifs is 1. The highest BCUT2D eigenvalue weighted by Gasteiger charge is 2.30. The molecule has 2 heterocycles. The topological polar surface area (TPSA) is 49.8 Å². The molecule has 0 radical (unpaired) electrons. The van der Waals surface area contributed by atoms with Crippen molar-refractivity contribution in [3.05, 3.63) is 29.3 Å². The van der Waals surface area contributed by atoms with Crippen molar-refractivity contribution in [3.63, 3.8) is 0 Å². The maximum atomic E-state index is 11.2. The number of ether oxygens (including phenoxy) is 1. The summed E-state index contributed by atoms with van der Waals surface area (Å²) in [5.74, 6) is 0.296. The van der Waals surface area contributed by atoms with Crippen LogP contribution in [0.1, 0.15) is 30.4 Å². The molecule has 1 fully saturated rings. The zero-order valence-corrected chi connectivity index (χ0v) is 11.0. The predicted molar refractivity (Wildman–Crippen MR) is 71.3 cm³/mol. The van der Waals surface area contributed by atoms with Crippen LogP contribution >= 0.6 is 0 Å². The van der Waals surface area contributed by atoms with Crippen molar-refractivity contribution in [2.45, 2.75) is 38.3 Å². The molecule has 3 rings (SSSR count). The Morgan fingerprint density at radius 1 is 1.42 bits per heavy atom. The minimum atomic E-state index is -0.696. The molecule has 0 saturated carbocycles. The van der Waals surface area contributed by atoms with Crippen LogP contribution < -0.4 is 4.74 Å². The molecule has 0 aromatic heterocycles. The number of carboxylic acid groups (broad SMARTS) is 1. The number of hydrogen-bond acceptors (Lipinski definition) is 3. The lowest BCUT2D eigenvalue weighted by atomic mass is 10.0. The first-order valence-corrected chi connectivity index (χ1v) is 6.95. The van der Waals surface area contributed by atoms with E-state index < -0.39 is 5.97 Å². The van der Waals surface area contributed by atoms with E-state index in [0.29, 0.717) is 0 Å². The highest BCUT2D eigenvalue weighted by atomic mass is 16.5. The Labute approximate surface area is 113 Å². The second kappa shape index (κ2) is 5.21. The fourth-order valence-electron chi connectivity index (χ4n) is 3.04. The molecule has 1 aromatic carbocycles. The monoisotopic (exact) mass is 261 g/mol. The maximum Gasteiger partial charge on any atom is 0.320 e. The summed E-state index contributed by atoms with van der Waals surface area (Å²) in [4.78, 5) is 13.2. The van der Waals surface area contributed by atoms with Gasteiger partial charge < -0.3 is 9.84 Å². The van der Waals surface area contributed by atoms with Gasteiger partial charge >= 0.3 is 5.97 Å². The fraction of sp³-hybridized carbons (Fsp3) is 0.533. The lowest BCUT2D eigenvalue weighted by Crippen LogP contribution is -2.35. The molecule has 1 N–H and O–H groups in total. The van der Waals surface area contributed by atoms with Crippen molar-refractivity contribution in [3.8, 4) is 5.75 Å². The molecule has 1 aromatic rings. The summed E-state index contributed by atoms with van der Waals surface area (Å²) in [6.45, 7) is 2.41. The van der Waals surface area contributed by atoms with Crippen LogP contribution in [0.2, 0.25) is 0 Å². The average molecular weight is 261 g/mol. The number of aliphatic carboxylic acids is 1. The number of benzene rings is 1. The van der Waals surface area contributed by atoms with Crippen LogP contribution in [0.3, 0.4) is 0 Å². The summed E-state index contributed by atoms with van der Waals surface area (Å²) in [7, 11) is 0. The Balaban J connectivity index is 1.74. The van der Waals surface area contributed by atoms with E-state index in [0.717, 1.165) is 51.1 Å². The van der Waals surface area contributed by atoms with E-state index in [2.05, 4.69) is 17.0 Å². The lowest BCUT2D eigenvalue weighted by Gasteiger charge is -2.23. The number of hydrogen-bond donors (Lipinski definition) is 1. The molecule has 1 atom stereocenters. The number of likely N-dealkylation sites (tertiary alicyclic amines) is 1. The van der Waals surface area contributed by atoms with Gasteiger partial charge in [0, 0.05) is 6.54 Å². The number of carbonyl (C=O) groups is 1. The van der Waals surface area contributed by atoms with Gasteiger partial charge in [0.25, 0.3) is 0 Å². The van der Waals surface area contributed by atoms with Gasteiger partial charge in [-0.15, -0.1) is 0 Å². The molecular formula is C15H19NO3. The van der Waals surface area contributed by atoms with Crippen molar-refractivity contribution in [1.29, 1.82) is 0 Å². The molecule has 0 aliphatic carbocycles. The SMILES string of the molecule is O=C(O)C1CCCN1Cc1ccc2c(c1)CCCO2. The van der Waals surface area contributed by atoms with Gasteiger partial charge in [0.05, 0.1) is 6.61 Å². The normalized spacial score (nSPS) is 22.8. The first-order chi connectivity index (χ1) is 9.24. The summed E-state index contributed by atoms with van der Waals surface area (Å²) in [6, 6.07) is 5.94. The minimum Gasteiger partial charge on any atom is -0.493 e. The molecule has 4 nitrogen and oxygen atoms in total. The summed E-state index contributed by atoms with van der Waals surface area (Å²) in [5, 5.41) is 9.19. The van der Waals surface area contributed by atoms with Crippen LogP contribution in [0.4, 0.5) is 0 Å². The second-order valence-corrected chi connectivity index (χ2v) is 5.36. The van der Waals surface area contributed by atoms with E-state index in [9.17, 15) is 9.90 Å². The van der Waals surface area contributed by atoms with Gasteiger partial charge in [0.2, 0.25) is 0 Å². The van der Waals surface area contributed by atoms with E-state index >= 15 is 0 Å². The zero-order valence-electron chi connectivity index (χ0n) is 11.0. The molecule has 1 unspecified atom stereocenters. The third-order valence-electron chi connectivity index (χ3n) is 4.01.